The number of nitrogens with zero attached hydrogens (tertiary/aromatic N) is 3. The topological polar surface area (TPSA) is 47.8 Å². The lowest BCUT2D eigenvalue weighted by Crippen LogP contribution is -1.95. The first-order chi connectivity index (χ1) is 10.2. The highest BCUT2D eigenvalue weighted by Gasteiger charge is 2.13. The number of carbonyl (C=O) groups is 1. The van der Waals surface area contributed by atoms with E-state index < -0.39 is 5.82 Å². The van der Waals surface area contributed by atoms with E-state index in [4.69, 9.17) is 11.6 Å². The summed E-state index contributed by atoms with van der Waals surface area (Å²) in [6.45, 7) is 0. The fourth-order valence-electron chi connectivity index (χ4n) is 2.00. The van der Waals surface area contributed by atoms with Gasteiger partial charge in [0.25, 0.3) is 0 Å². The van der Waals surface area contributed by atoms with Crippen LogP contribution in [0.1, 0.15) is 10.4 Å². The Hall–Kier alpha value is -2.53. The van der Waals surface area contributed by atoms with Crippen molar-refractivity contribution >= 4 is 17.9 Å². The minimum atomic E-state index is -0.489. The minimum Gasteiger partial charge on any atom is -0.298 e. The first-order valence-corrected chi connectivity index (χ1v) is 6.47. The van der Waals surface area contributed by atoms with E-state index >= 15 is 0 Å². The third kappa shape index (κ3) is 2.55. The van der Waals surface area contributed by atoms with Gasteiger partial charge >= 0.3 is 0 Å². The van der Waals surface area contributed by atoms with Crippen molar-refractivity contribution in [1.29, 1.82) is 0 Å². The summed E-state index contributed by atoms with van der Waals surface area (Å²) in [5.74, 6) is -0.489. The van der Waals surface area contributed by atoms with E-state index in [0.29, 0.717) is 33.8 Å². The number of carbonyl (C=O) groups excluding carboxylic acids is 1. The summed E-state index contributed by atoms with van der Waals surface area (Å²) in [6.07, 6.45) is 4.76. The Balaban J connectivity index is 2.15. The molecule has 6 heteroatoms. The van der Waals surface area contributed by atoms with Gasteiger partial charge in [-0.3, -0.25) is 9.78 Å². The van der Waals surface area contributed by atoms with Crippen LogP contribution in [-0.2, 0) is 0 Å². The minimum absolute atomic E-state index is 0.335. The molecule has 0 aliphatic carbocycles. The third-order valence-corrected chi connectivity index (χ3v) is 3.27. The van der Waals surface area contributed by atoms with E-state index in [2.05, 4.69) is 10.1 Å². The maximum absolute atomic E-state index is 13.3. The van der Waals surface area contributed by atoms with Gasteiger partial charge in [-0.2, -0.15) is 5.10 Å². The molecule has 0 atom stereocenters. The van der Waals surface area contributed by atoms with Gasteiger partial charge in [0.15, 0.2) is 6.29 Å². The van der Waals surface area contributed by atoms with E-state index in [-0.39, 0.29) is 0 Å². The predicted molar refractivity (Wildman–Crippen MR) is 77.2 cm³/mol. The van der Waals surface area contributed by atoms with Crippen LogP contribution in [0.5, 0.6) is 0 Å². The van der Waals surface area contributed by atoms with Crippen molar-refractivity contribution in [3.8, 4) is 16.9 Å². The summed E-state index contributed by atoms with van der Waals surface area (Å²) < 4.78 is 14.8. The zero-order chi connectivity index (χ0) is 14.8. The molecule has 1 aromatic carbocycles. The van der Waals surface area contributed by atoms with Crippen molar-refractivity contribution in [2.45, 2.75) is 0 Å². The second kappa shape index (κ2) is 5.46. The lowest BCUT2D eigenvalue weighted by Gasteiger charge is -2.03. The molecule has 3 rings (SSSR count). The molecule has 21 heavy (non-hydrogen) atoms. The molecule has 0 spiro atoms. The van der Waals surface area contributed by atoms with Crippen LogP contribution in [0.4, 0.5) is 4.39 Å². The summed E-state index contributed by atoms with van der Waals surface area (Å²) in [4.78, 5) is 15.0. The van der Waals surface area contributed by atoms with Crippen molar-refractivity contribution in [2.24, 2.45) is 0 Å². The van der Waals surface area contributed by atoms with Crippen molar-refractivity contribution in [2.75, 3.05) is 0 Å². The molecule has 0 aliphatic rings. The maximum Gasteiger partial charge on any atom is 0.153 e. The van der Waals surface area contributed by atoms with Crippen LogP contribution in [0, 0.1) is 5.82 Å². The number of aldehydes is 1. The zero-order valence-corrected chi connectivity index (χ0v) is 11.5. The summed E-state index contributed by atoms with van der Waals surface area (Å²) >= 11 is 6.11. The molecule has 0 bridgehead atoms. The van der Waals surface area contributed by atoms with Gasteiger partial charge < -0.3 is 0 Å². The van der Waals surface area contributed by atoms with E-state index in [0.717, 1.165) is 6.20 Å². The molecule has 4 nitrogen and oxygen atoms in total. The summed E-state index contributed by atoms with van der Waals surface area (Å²) in [6, 6.07) is 8.39. The average molecular weight is 302 g/mol. The summed E-state index contributed by atoms with van der Waals surface area (Å²) in [5.41, 5.74) is 1.76. The molecule has 3 aromatic rings. The van der Waals surface area contributed by atoms with Gasteiger partial charge in [-0.15, -0.1) is 0 Å². The highest BCUT2D eigenvalue weighted by molar-refractivity contribution is 6.32. The zero-order valence-electron chi connectivity index (χ0n) is 10.7. The molecule has 0 saturated carbocycles. The maximum atomic E-state index is 13.3. The first-order valence-electron chi connectivity index (χ1n) is 6.09. The first kappa shape index (κ1) is 13.5. The molecule has 0 saturated heterocycles. The number of hydrogen-bond acceptors (Lipinski definition) is 3. The Bertz CT molecular complexity index is 816. The van der Waals surface area contributed by atoms with Crippen LogP contribution in [0.25, 0.3) is 16.9 Å². The van der Waals surface area contributed by atoms with E-state index in [1.54, 1.807) is 24.4 Å². The number of aromatic nitrogens is 3. The van der Waals surface area contributed by atoms with Gasteiger partial charge in [0.1, 0.15) is 11.5 Å². The average Bonchev–Trinajstić information content (AvgIpc) is 2.92. The van der Waals surface area contributed by atoms with E-state index in [1.165, 1.54) is 16.9 Å². The fourth-order valence-corrected chi connectivity index (χ4v) is 2.22. The molecule has 2 aromatic heterocycles. The molecule has 0 N–H and O–H groups in total. The monoisotopic (exact) mass is 301 g/mol. The number of pyridine rings is 1. The van der Waals surface area contributed by atoms with Crippen molar-refractivity contribution in [1.82, 2.24) is 14.8 Å². The van der Waals surface area contributed by atoms with Crippen LogP contribution < -0.4 is 0 Å². The lowest BCUT2D eigenvalue weighted by molar-refractivity contribution is 0.112. The largest absolute Gasteiger partial charge is 0.298 e. The number of para-hydroxylation sites is 1. The number of rotatable bonds is 3. The molecule has 0 radical (unpaired) electrons. The normalized spacial score (nSPS) is 10.6. The number of hydrogen-bond donors (Lipinski definition) is 0. The smallest absolute Gasteiger partial charge is 0.153 e. The molecule has 2 heterocycles. The highest BCUT2D eigenvalue weighted by atomic mass is 35.5. The van der Waals surface area contributed by atoms with Gasteiger partial charge in [0.05, 0.1) is 22.5 Å². The van der Waals surface area contributed by atoms with Crippen LogP contribution in [0.2, 0.25) is 5.02 Å². The highest BCUT2D eigenvalue weighted by Crippen LogP contribution is 2.25. The molecular weight excluding hydrogens is 293 g/mol. The van der Waals surface area contributed by atoms with Gasteiger partial charge in [0, 0.05) is 18.0 Å². The van der Waals surface area contributed by atoms with Crippen molar-refractivity contribution in [3.05, 3.63) is 65.3 Å². The third-order valence-electron chi connectivity index (χ3n) is 2.95. The van der Waals surface area contributed by atoms with E-state index in [9.17, 15) is 9.18 Å². The molecular formula is C15H9ClFN3O. The van der Waals surface area contributed by atoms with Crippen LogP contribution in [0.3, 0.4) is 0 Å². The van der Waals surface area contributed by atoms with Crippen molar-refractivity contribution in [3.63, 3.8) is 0 Å². The molecule has 0 unspecified atom stereocenters. The summed E-state index contributed by atoms with van der Waals surface area (Å²) in [5, 5.41) is 4.82. The Labute approximate surface area is 124 Å². The lowest BCUT2D eigenvalue weighted by atomic mass is 10.1. The Morgan fingerprint density at radius 1 is 1.24 bits per heavy atom. The van der Waals surface area contributed by atoms with Gasteiger partial charge in [0.2, 0.25) is 0 Å². The number of halogens is 2. The second-order valence-electron chi connectivity index (χ2n) is 4.34. The Morgan fingerprint density at radius 3 is 2.76 bits per heavy atom. The Kier molecular flexibility index (Phi) is 3.50. The molecule has 0 fully saturated rings. The molecule has 104 valence electrons. The van der Waals surface area contributed by atoms with Crippen LogP contribution in [-0.4, -0.2) is 21.1 Å². The van der Waals surface area contributed by atoms with Crippen LogP contribution >= 0.6 is 11.6 Å². The standard InChI is InChI=1S/C15H9ClFN3O/c16-13-3-1-2-4-14(13)20-8-11(9-21)15(19-20)10-5-12(17)7-18-6-10/h1-9H. The SMILES string of the molecule is O=Cc1cn(-c2ccccc2Cl)nc1-c1cncc(F)c1. The van der Waals surface area contributed by atoms with Gasteiger partial charge in [-0.25, -0.2) is 9.07 Å². The van der Waals surface area contributed by atoms with Crippen LogP contribution in [0.15, 0.2) is 48.9 Å². The molecule has 0 amide bonds. The predicted octanol–water partition coefficient (Wildman–Crippen LogP) is 3.54. The molecule has 0 aliphatic heterocycles. The Morgan fingerprint density at radius 2 is 2.05 bits per heavy atom. The van der Waals surface area contributed by atoms with Gasteiger partial charge in [-0.05, 0) is 18.2 Å². The second-order valence-corrected chi connectivity index (χ2v) is 4.75. The fraction of sp³-hybridized carbons (Fsp3) is 0. The van der Waals surface area contributed by atoms with Crippen molar-refractivity contribution < 1.29 is 9.18 Å². The van der Waals surface area contributed by atoms with E-state index in [1.807, 2.05) is 6.07 Å². The summed E-state index contributed by atoms with van der Waals surface area (Å²) in [7, 11) is 0. The quantitative estimate of drug-likeness (QED) is 0.695. The number of benzene rings is 1. The van der Waals surface area contributed by atoms with Gasteiger partial charge in [-0.1, -0.05) is 23.7 Å².